The second-order valence-corrected chi connectivity index (χ2v) is 5.65. The number of hydrogen-bond acceptors (Lipinski definition) is 5. The van der Waals surface area contributed by atoms with Crippen molar-refractivity contribution in [3.8, 4) is 0 Å². The quantitative estimate of drug-likeness (QED) is 0.814. The van der Waals surface area contributed by atoms with Crippen molar-refractivity contribution < 1.29 is 9.18 Å². The van der Waals surface area contributed by atoms with Gasteiger partial charge >= 0.3 is 0 Å². The van der Waals surface area contributed by atoms with E-state index in [0.717, 1.165) is 43.3 Å². The van der Waals surface area contributed by atoms with E-state index in [1.165, 1.54) is 23.5 Å². The lowest BCUT2D eigenvalue weighted by molar-refractivity contribution is 0.112. The number of aromatic nitrogens is 1. The number of rotatable bonds is 3. The van der Waals surface area contributed by atoms with Crippen LogP contribution in [0.5, 0.6) is 0 Å². The molecule has 0 saturated carbocycles. The van der Waals surface area contributed by atoms with E-state index in [4.69, 9.17) is 0 Å². The van der Waals surface area contributed by atoms with Crippen LogP contribution in [0.15, 0.2) is 30.5 Å². The third-order valence-corrected chi connectivity index (χ3v) is 4.35. The first-order valence-electron chi connectivity index (χ1n) is 6.43. The maximum absolute atomic E-state index is 12.9. The number of thiazole rings is 1. The molecular weight excluding hydrogens is 277 g/mol. The molecule has 6 heteroatoms. The van der Waals surface area contributed by atoms with Crippen LogP contribution in [0.2, 0.25) is 0 Å². The van der Waals surface area contributed by atoms with E-state index in [9.17, 15) is 9.18 Å². The van der Waals surface area contributed by atoms with Gasteiger partial charge in [-0.25, -0.2) is 9.37 Å². The van der Waals surface area contributed by atoms with Crippen molar-refractivity contribution >= 4 is 28.4 Å². The molecule has 20 heavy (non-hydrogen) atoms. The molecule has 0 bridgehead atoms. The smallest absolute Gasteiger partial charge is 0.186 e. The Hall–Kier alpha value is -1.95. The monoisotopic (exact) mass is 291 g/mol. The molecule has 1 aliphatic rings. The molecular formula is C14H14FN3OS. The minimum atomic E-state index is -0.212. The highest BCUT2D eigenvalue weighted by Gasteiger charge is 2.19. The Morgan fingerprint density at radius 1 is 1.10 bits per heavy atom. The fraction of sp³-hybridized carbons (Fsp3) is 0.286. The summed E-state index contributed by atoms with van der Waals surface area (Å²) in [6.45, 7) is 3.43. The highest BCUT2D eigenvalue weighted by molar-refractivity contribution is 7.17. The Labute approximate surface area is 120 Å². The van der Waals surface area contributed by atoms with Gasteiger partial charge in [0.25, 0.3) is 0 Å². The number of piperazine rings is 1. The number of anilines is 2. The first-order chi connectivity index (χ1) is 9.76. The zero-order valence-electron chi connectivity index (χ0n) is 10.8. The normalized spacial score (nSPS) is 15.4. The standard InChI is InChI=1S/C14H14FN3OS/c15-11-1-3-12(4-2-11)17-5-7-18(8-6-17)14-16-9-13(10-19)20-14/h1-4,9-10H,5-8H2. The van der Waals surface area contributed by atoms with E-state index in [1.807, 2.05) is 0 Å². The fourth-order valence-corrected chi connectivity index (χ4v) is 3.07. The van der Waals surface area contributed by atoms with Gasteiger partial charge in [-0.1, -0.05) is 11.3 Å². The molecule has 0 unspecified atom stereocenters. The van der Waals surface area contributed by atoms with Crippen molar-refractivity contribution in [2.45, 2.75) is 0 Å². The molecule has 1 fully saturated rings. The van der Waals surface area contributed by atoms with Crippen molar-refractivity contribution in [2.75, 3.05) is 36.0 Å². The second kappa shape index (κ2) is 5.58. The van der Waals surface area contributed by atoms with Crippen molar-refractivity contribution in [3.63, 3.8) is 0 Å². The van der Waals surface area contributed by atoms with Crippen LogP contribution in [0.4, 0.5) is 15.2 Å². The third-order valence-electron chi connectivity index (χ3n) is 3.37. The molecule has 1 aliphatic heterocycles. The van der Waals surface area contributed by atoms with Gasteiger partial charge in [0.2, 0.25) is 0 Å². The van der Waals surface area contributed by atoms with E-state index >= 15 is 0 Å². The Morgan fingerprint density at radius 2 is 1.75 bits per heavy atom. The van der Waals surface area contributed by atoms with Gasteiger partial charge in [-0.15, -0.1) is 0 Å². The molecule has 0 amide bonds. The number of halogens is 1. The summed E-state index contributed by atoms with van der Waals surface area (Å²) in [6, 6.07) is 6.58. The molecule has 1 saturated heterocycles. The fourth-order valence-electron chi connectivity index (χ4n) is 2.29. The maximum atomic E-state index is 12.9. The van der Waals surface area contributed by atoms with Crippen molar-refractivity contribution in [3.05, 3.63) is 41.2 Å². The number of benzene rings is 1. The zero-order valence-corrected chi connectivity index (χ0v) is 11.6. The minimum absolute atomic E-state index is 0.212. The summed E-state index contributed by atoms with van der Waals surface area (Å²) in [5.41, 5.74) is 1.04. The number of carbonyl (C=O) groups excluding carboxylic acids is 1. The first-order valence-corrected chi connectivity index (χ1v) is 7.24. The Morgan fingerprint density at radius 3 is 2.35 bits per heavy atom. The Kier molecular flexibility index (Phi) is 3.64. The number of hydrogen-bond donors (Lipinski definition) is 0. The molecule has 0 aliphatic carbocycles. The lowest BCUT2D eigenvalue weighted by Gasteiger charge is -2.35. The minimum Gasteiger partial charge on any atom is -0.368 e. The number of aldehydes is 1. The first kappa shape index (κ1) is 13.1. The molecule has 0 radical (unpaired) electrons. The van der Waals surface area contributed by atoms with Crippen LogP contribution in [0, 0.1) is 5.82 Å². The van der Waals surface area contributed by atoms with Gasteiger partial charge in [-0.05, 0) is 24.3 Å². The molecule has 2 heterocycles. The summed E-state index contributed by atoms with van der Waals surface area (Å²) < 4.78 is 12.9. The molecule has 1 aromatic carbocycles. The zero-order chi connectivity index (χ0) is 13.9. The van der Waals surface area contributed by atoms with Gasteiger partial charge in [0.05, 0.1) is 11.1 Å². The van der Waals surface area contributed by atoms with Crippen molar-refractivity contribution in [2.24, 2.45) is 0 Å². The van der Waals surface area contributed by atoms with Gasteiger partial charge in [0.1, 0.15) is 5.82 Å². The molecule has 4 nitrogen and oxygen atoms in total. The summed E-state index contributed by atoms with van der Waals surface area (Å²) >= 11 is 1.42. The SMILES string of the molecule is O=Cc1cnc(N2CCN(c3ccc(F)cc3)CC2)s1. The predicted molar refractivity (Wildman–Crippen MR) is 78.3 cm³/mol. The summed E-state index contributed by atoms with van der Waals surface area (Å²) in [5, 5.41) is 0.894. The molecule has 0 N–H and O–H groups in total. The van der Waals surface area contributed by atoms with Gasteiger partial charge in [-0.3, -0.25) is 4.79 Å². The topological polar surface area (TPSA) is 36.4 Å². The lowest BCUT2D eigenvalue weighted by atomic mass is 10.2. The third kappa shape index (κ3) is 2.65. The van der Waals surface area contributed by atoms with E-state index in [1.54, 1.807) is 18.3 Å². The van der Waals surface area contributed by atoms with Gasteiger partial charge in [0, 0.05) is 31.9 Å². The highest BCUT2D eigenvalue weighted by atomic mass is 32.1. The van der Waals surface area contributed by atoms with Gasteiger partial charge in [-0.2, -0.15) is 0 Å². The average molecular weight is 291 g/mol. The highest BCUT2D eigenvalue weighted by Crippen LogP contribution is 2.24. The summed E-state index contributed by atoms with van der Waals surface area (Å²) in [6.07, 6.45) is 2.44. The summed E-state index contributed by atoms with van der Waals surface area (Å²) in [5.74, 6) is -0.212. The van der Waals surface area contributed by atoms with Crippen molar-refractivity contribution in [1.82, 2.24) is 4.98 Å². The predicted octanol–water partition coefficient (Wildman–Crippen LogP) is 2.42. The molecule has 0 atom stereocenters. The van der Waals surface area contributed by atoms with Gasteiger partial charge < -0.3 is 9.80 Å². The van der Waals surface area contributed by atoms with Crippen LogP contribution in [0.25, 0.3) is 0 Å². The van der Waals surface area contributed by atoms with E-state index in [-0.39, 0.29) is 5.82 Å². The average Bonchev–Trinajstić information content (AvgIpc) is 2.97. The summed E-state index contributed by atoms with van der Waals surface area (Å²) in [7, 11) is 0. The van der Waals surface area contributed by atoms with Crippen LogP contribution < -0.4 is 9.80 Å². The second-order valence-electron chi connectivity index (χ2n) is 4.61. The Bertz CT molecular complexity index is 591. The Balaban J connectivity index is 1.64. The van der Waals surface area contributed by atoms with E-state index < -0.39 is 0 Å². The van der Waals surface area contributed by atoms with E-state index in [2.05, 4.69) is 14.8 Å². The maximum Gasteiger partial charge on any atom is 0.186 e. The van der Waals surface area contributed by atoms with Crippen LogP contribution >= 0.6 is 11.3 Å². The largest absolute Gasteiger partial charge is 0.368 e. The summed E-state index contributed by atoms with van der Waals surface area (Å²) in [4.78, 5) is 20.0. The molecule has 3 rings (SSSR count). The molecule has 104 valence electrons. The molecule has 1 aromatic heterocycles. The van der Waals surface area contributed by atoms with Crippen LogP contribution in [-0.2, 0) is 0 Å². The van der Waals surface area contributed by atoms with E-state index in [0.29, 0.717) is 4.88 Å². The molecule has 2 aromatic rings. The van der Waals surface area contributed by atoms with Gasteiger partial charge in [0.15, 0.2) is 11.4 Å². The van der Waals surface area contributed by atoms with Crippen LogP contribution in [0.3, 0.4) is 0 Å². The van der Waals surface area contributed by atoms with Crippen molar-refractivity contribution in [1.29, 1.82) is 0 Å². The number of carbonyl (C=O) groups is 1. The molecule has 0 spiro atoms. The van der Waals surface area contributed by atoms with Crippen LogP contribution in [-0.4, -0.2) is 37.4 Å². The van der Waals surface area contributed by atoms with Crippen LogP contribution in [0.1, 0.15) is 9.67 Å². The lowest BCUT2D eigenvalue weighted by Crippen LogP contribution is -2.46. The number of nitrogens with zero attached hydrogens (tertiary/aromatic N) is 3.